The second-order valence-corrected chi connectivity index (χ2v) is 5.23. The molecule has 1 amide bonds. The van der Waals surface area contributed by atoms with E-state index in [1.54, 1.807) is 0 Å². The van der Waals surface area contributed by atoms with Crippen LogP contribution in [0.4, 0.5) is 10.1 Å². The molecule has 0 saturated heterocycles. The molecule has 1 aromatic rings. The van der Waals surface area contributed by atoms with Crippen LogP contribution in [0.15, 0.2) is 18.2 Å². The standard InChI is InChI=1S/C14H19FN2O/c1-8-3-6-13(9(8)2)17-14(18)11-7-10(15)4-5-12(11)16/h4-5,7-9,13H,3,6,16H2,1-2H3,(H,17,18). The van der Waals surface area contributed by atoms with Crippen molar-refractivity contribution in [1.29, 1.82) is 0 Å². The number of carbonyl (C=O) groups is 1. The third-order valence-electron chi connectivity index (χ3n) is 4.04. The molecule has 18 heavy (non-hydrogen) atoms. The zero-order valence-electron chi connectivity index (χ0n) is 10.7. The normalized spacial score (nSPS) is 27.2. The highest BCUT2D eigenvalue weighted by molar-refractivity contribution is 5.99. The highest BCUT2D eigenvalue weighted by atomic mass is 19.1. The van der Waals surface area contributed by atoms with E-state index < -0.39 is 5.82 Å². The Kier molecular flexibility index (Phi) is 3.55. The van der Waals surface area contributed by atoms with Gasteiger partial charge in [-0.25, -0.2) is 4.39 Å². The van der Waals surface area contributed by atoms with Crippen molar-refractivity contribution < 1.29 is 9.18 Å². The van der Waals surface area contributed by atoms with Gasteiger partial charge < -0.3 is 11.1 Å². The summed E-state index contributed by atoms with van der Waals surface area (Å²) < 4.78 is 13.1. The molecule has 0 spiro atoms. The van der Waals surface area contributed by atoms with E-state index in [9.17, 15) is 9.18 Å². The van der Waals surface area contributed by atoms with E-state index in [0.717, 1.165) is 12.8 Å². The van der Waals surface area contributed by atoms with Crippen molar-refractivity contribution in [2.24, 2.45) is 11.8 Å². The summed E-state index contributed by atoms with van der Waals surface area (Å²) in [5.74, 6) is 0.337. The van der Waals surface area contributed by atoms with Crippen LogP contribution in [0.5, 0.6) is 0 Å². The summed E-state index contributed by atoms with van der Waals surface area (Å²) in [7, 11) is 0. The molecule has 0 aliphatic heterocycles. The van der Waals surface area contributed by atoms with Gasteiger partial charge in [0.15, 0.2) is 0 Å². The van der Waals surface area contributed by atoms with Gasteiger partial charge in [-0.2, -0.15) is 0 Å². The molecule has 3 N–H and O–H groups in total. The van der Waals surface area contributed by atoms with Gasteiger partial charge in [0.25, 0.3) is 5.91 Å². The highest BCUT2D eigenvalue weighted by Gasteiger charge is 2.31. The topological polar surface area (TPSA) is 55.1 Å². The van der Waals surface area contributed by atoms with Crippen molar-refractivity contribution in [3.63, 3.8) is 0 Å². The van der Waals surface area contributed by atoms with E-state index in [2.05, 4.69) is 19.2 Å². The van der Waals surface area contributed by atoms with Crippen molar-refractivity contribution in [3.8, 4) is 0 Å². The van der Waals surface area contributed by atoms with E-state index in [4.69, 9.17) is 5.73 Å². The number of anilines is 1. The van der Waals surface area contributed by atoms with Crippen LogP contribution in [0.2, 0.25) is 0 Å². The summed E-state index contributed by atoms with van der Waals surface area (Å²) in [6.45, 7) is 4.32. The summed E-state index contributed by atoms with van der Waals surface area (Å²) in [4.78, 5) is 12.1. The van der Waals surface area contributed by atoms with Gasteiger partial charge in [0.1, 0.15) is 5.82 Å². The Bertz CT molecular complexity index is 461. The van der Waals surface area contributed by atoms with Crippen molar-refractivity contribution in [3.05, 3.63) is 29.6 Å². The number of rotatable bonds is 2. The minimum absolute atomic E-state index is 0.162. The predicted molar refractivity (Wildman–Crippen MR) is 69.6 cm³/mol. The average molecular weight is 250 g/mol. The summed E-state index contributed by atoms with van der Waals surface area (Å²) >= 11 is 0. The molecule has 1 fully saturated rings. The fourth-order valence-corrected chi connectivity index (χ4v) is 2.54. The maximum absolute atomic E-state index is 13.1. The van der Waals surface area contributed by atoms with Gasteiger partial charge in [0, 0.05) is 11.7 Å². The molecule has 98 valence electrons. The predicted octanol–water partition coefficient (Wildman–Crippen LogP) is 2.57. The first kappa shape index (κ1) is 12.9. The molecule has 3 nitrogen and oxygen atoms in total. The van der Waals surface area contributed by atoms with Crippen molar-refractivity contribution >= 4 is 11.6 Å². The zero-order chi connectivity index (χ0) is 13.3. The van der Waals surface area contributed by atoms with E-state index in [1.807, 2.05) is 0 Å². The van der Waals surface area contributed by atoms with Crippen molar-refractivity contribution in [2.45, 2.75) is 32.7 Å². The Labute approximate surface area is 107 Å². The highest BCUT2D eigenvalue weighted by Crippen LogP contribution is 2.31. The Balaban J connectivity index is 2.10. The number of hydrogen-bond acceptors (Lipinski definition) is 2. The molecule has 3 atom stereocenters. The van der Waals surface area contributed by atoms with Gasteiger partial charge in [0.2, 0.25) is 0 Å². The minimum Gasteiger partial charge on any atom is -0.398 e. The second-order valence-electron chi connectivity index (χ2n) is 5.23. The van der Waals surface area contributed by atoms with Crippen LogP contribution in [0, 0.1) is 17.7 Å². The van der Waals surface area contributed by atoms with E-state index >= 15 is 0 Å². The van der Waals surface area contributed by atoms with Gasteiger partial charge >= 0.3 is 0 Å². The zero-order valence-corrected chi connectivity index (χ0v) is 10.7. The van der Waals surface area contributed by atoms with Gasteiger partial charge in [-0.3, -0.25) is 4.79 Å². The molecule has 2 rings (SSSR count). The van der Waals surface area contributed by atoms with Gasteiger partial charge in [-0.1, -0.05) is 13.8 Å². The number of amides is 1. The lowest BCUT2D eigenvalue weighted by molar-refractivity contribution is 0.0928. The lowest BCUT2D eigenvalue weighted by atomic mass is 9.97. The molecule has 1 aliphatic carbocycles. The van der Waals surface area contributed by atoms with Crippen LogP contribution in [0.25, 0.3) is 0 Å². The summed E-state index contributed by atoms with van der Waals surface area (Å²) in [5.41, 5.74) is 6.24. The number of nitrogens with two attached hydrogens (primary N) is 1. The summed E-state index contributed by atoms with van der Waals surface area (Å²) in [6.07, 6.45) is 2.09. The number of nitrogen functional groups attached to an aromatic ring is 1. The SMILES string of the molecule is CC1CCC(NC(=O)c2cc(F)ccc2N)C1C. The van der Waals surface area contributed by atoms with E-state index in [0.29, 0.717) is 17.5 Å². The van der Waals surface area contributed by atoms with Crippen LogP contribution in [0.1, 0.15) is 37.0 Å². The molecule has 0 bridgehead atoms. The molecule has 0 aromatic heterocycles. The fourth-order valence-electron chi connectivity index (χ4n) is 2.54. The van der Waals surface area contributed by atoms with Crippen LogP contribution in [0.3, 0.4) is 0 Å². The summed E-state index contributed by atoms with van der Waals surface area (Å²) in [5, 5.41) is 2.96. The third kappa shape index (κ3) is 2.47. The molecule has 3 unspecified atom stereocenters. The van der Waals surface area contributed by atoms with Crippen LogP contribution >= 0.6 is 0 Å². The molecule has 1 aliphatic rings. The number of nitrogens with one attached hydrogen (secondary N) is 1. The van der Waals surface area contributed by atoms with Crippen LogP contribution in [-0.2, 0) is 0 Å². The Morgan fingerprint density at radius 3 is 2.72 bits per heavy atom. The molecule has 1 aromatic carbocycles. The molecule has 4 heteroatoms. The van der Waals surface area contributed by atoms with Crippen molar-refractivity contribution in [1.82, 2.24) is 5.32 Å². The molecule has 0 radical (unpaired) electrons. The third-order valence-corrected chi connectivity index (χ3v) is 4.04. The Morgan fingerprint density at radius 1 is 1.39 bits per heavy atom. The number of hydrogen-bond donors (Lipinski definition) is 2. The number of halogens is 1. The first-order valence-corrected chi connectivity index (χ1v) is 6.35. The largest absolute Gasteiger partial charge is 0.398 e. The molecular weight excluding hydrogens is 231 g/mol. The molecule has 1 saturated carbocycles. The lowest BCUT2D eigenvalue weighted by Crippen LogP contribution is -2.37. The summed E-state index contributed by atoms with van der Waals surface area (Å²) in [6, 6.07) is 4.03. The molecule has 0 heterocycles. The first-order chi connectivity index (χ1) is 8.49. The van der Waals surface area contributed by atoms with E-state index in [-0.39, 0.29) is 17.5 Å². The van der Waals surface area contributed by atoms with Crippen LogP contribution < -0.4 is 11.1 Å². The number of benzene rings is 1. The smallest absolute Gasteiger partial charge is 0.253 e. The first-order valence-electron chi connectivity index (χ1n) is 6.35. The molecular formula is C14H19FN2O. The van der Waals surface area contributed by atoms with Gasteiger partial charge in [-0.05, 0) is 42.9 Å². The van der Waals surface area contributed by atoms with Crippen LogP contribution in [-0.4, -0.2) is 11.9 Å². The average Bonchev–Trinajstić information content (AvgIpc) is 2.64. The monoisotopic (exact) mass is 250 g/mol. The number of carbonyl (C=O) groups excluding carboxylic acids is 1. The van der Waals surface area contributed by atoms with Crippen molar-refractivity contribution in [2.75, 3.05) is 5.73 Å². The maximum Gasteiger partial charge on any atom is 0.253 e. The maximum atomic E-state index is 13.1. The van der Waals surface area contributed by atoms with Gasteiger partial charge in [-0.15, -0.1) is 0 Å². The Hall–Kier alpha value is -1.58. The lowest BCUT2D eigenvalue weighted by Gasteiger charge is -2.20. The minimum atomic E-state index is -0.442. The Morgan fingerprint density at radius 2 is 2.11 bits per heavy atom. The second kappa shape index (κ2) is 4.96. The fraction of sp³-hybridized carbons (Fsp3) is 0.500. The quantitative estimate of drug-likeness (QED) is 0.793. The van der Waals surface area contributed by atoms with Gasteiger partial charge in [0.05, 0.1) is 5.56 Å². The van der Waals surface area contributed by atoms with E-state index in [1.165, 1.54) is 18.2 Å².